The van der Waals surface area contributed by atoms with Gasteiger partial charge in [-0.1, -0.05) is 18.2 Å². The van der Waals surface area contributed by atoms with Crippen LogP contribution in [-0.2, 0) is 0 Å². The molecule has 1 aromatic carbocycles. The summed E-state index contributed by atoms with van der Waals surface area (Å²) >= 11 is 0. The lowest BCUT2D eigenvalue weighted by atomic mass is 10.1. The highest BCUT2D eigenvalue weighted by Crippen LogP contribution is 2.29. The summed E-state index contributed by atoms with van der Waals surface area (Å²) in [5.41, 5.74) is 2.29. The molecule has 1 N–H and O–H groups in total. The maximum Gasteiger partial charge on any atom is 0.161 e. The highest BCUT2D eigenvalue weighted by Gasteiger charge is 2.09. The van der Waals surface area contributed by atoms with E-state index < -0.39 is 0 Å². The van der Waals surface area contributed by atoms with Crippen molar-refractivity contribution in [3.8, 4) is 11.5 Å². The van der Waals surface area contributed by atoms with Crippen LogP contribution in [0.4, 0.5) is 0 Å². The van der Waals surface area contributed by atoms with Crippen LogP contribution >= 0.6 is 0 Å². The van der Waals surface area contributed by atoms with Crippen LogP contribution in [0.3, 0.4) is 0 Å². The minimum Gasteiger partial charge on any atom is -0.493 e. The molecule has 0 heterocycles. The van der Waals surface area contributed by atoms with Crippen LogP contribution in [-0.4, -0.2) is 20.8 Å². The second-order valence-electron chi connectivity index (χ2n) is 4.17. The molecule has 1 rings (SSSR count). The maximum atomic E-state index is 5.28. The summed E-state index contributed by atoms with van der Waals surface area (Å²) in [5.74, 6) is 1.51. The van der Waals surface area contributed by atoms with Gasteiger partial charge in [0, 0.05) is 12.6 Å². The molecule has 0 radical (unpaired) electrons. The fourth-order valence-electron chi connectivity index (χ4n) is 1.57. The van der Waals surface area contributed by atoms with Gasteiger partial charge in [0.2, 0.25) is 0 Å². The molecule has 3 heteroatoms. The molecule has 0 amide bonds. The van der Waals surface area contributed by atoms with Crippen molar-refractivity contribution in [1.82, 2.24) is 5.32 Å². The summed E-state index contributed by atoms with van der Waals surface area (Å²) in [5, 5.41) is 3.39. The fourth-order valence-corrected chi connectivity index (χ4v) is 1.57. The van der Waals surface area contributed by atoms with E-state index in [0.29, 0.717) is 0 Å². The summed E-state index contributed by atoms with van der Waals surface area (Å²) in [7, 11) is 3.29. The molecule has 1 aromatic rings. The molecule has 17 heavy (non-hydrogen) atoms. The molecule has 1 atom stereocenters. The molecule has 0 aromatic heterocycles. The Kier molecular flexibility index (Phi) is 5.04. The molecule has 0 bridgehead atoms. The summed E-state index contributed by atoms with van der Waals surface area (Å²) < 4.78 is 10.5. The van der Waals surface area contributed by atoms with Crippen molar-refractivity contribution in [3.05, 3.63) is 35.9 Å². The Bertz CT molecular complexity index is 388. The van der Waals surface area contributed by atoms with Crippen molar-refractivity contribution in [2.45, 2.75) is 19.9 Å². The molecule has 0 saturated heterocycles. The van der Waals surface area contributed by atoms with Gasteiger partial charge in [0.25, 0.3) is 0 Å². The van der Waals surface area contributed by atoms with Gasteiger partial charge in [-0.2, -0.15) is 0 Å². The molecule has 0 spiro atoms. The predicted molar refractivity (Wildman–Crippen MR) is 70.8 cm³/mol. The Balaban J connectivity index is 2.80. The zero-order valence-electron chi connectivity index (χ0n) is 11.0. The van der Waals surface area contributed by atoms with Gasteiger partial charge in [-0.3, -0.25) is 0 Å². The first-order chi connectivity index (χ1) is 8.08. The molecular formula is C14H21NO2. The first-order valence-corrected chi connectivity index (χ1v) is 5.68. The summed E-state index contributed by atoms with van der Waals surface area (Å²) in [6.45, 7) is 8.81. The van der Waals surface area contributed by atoms with E-state index in [9.17, 15) is 0 Å². The zero-order valence-corrected chi connectivity index (χ0v) is 11.0. The van der Waals surface area contributed by atoms with Gasteiger partial charge in [-0.05, 0) is 31.5 Å². The van der Waals surface area contributed by atoms with Crippen LogP contribution < -0.4 is 14.8 Å². The lowest BCUT2D eigenvalue weighted by Gasteiger charge is -2.16. The quantitative estimate of drug-likeness (QED) is 0.769. The number of hydrogen-bond donors (Lipinski definition) is 1. The van der Waals surface area contributed by atoms with Crippen LogP contribution in [0.15, 0.2) is 30.4 Å². The minimum absolute atomic E-state index is 0.256. The van der Waals surface area contributed by atoms with Crippen LogP contribution in [0, 0.1) is 0 Å². The molecule has 0 aliphatic carbocycles. The average molecular weight is 235 g/mol. The first-order valence-electron chi connectivity index (χ1n) is 5.68. The van der Waals surface area contributed by atoms with Crippen LogP contribution in [0.1, 0.15) is 25.5 Å². The Morgan fingerprint density at radius 3 is 2.47 bits per heavy atom. The number of benzene rings is 1. The van der Waals surface area contributed by atoms with Crippen molar-refractivity contribution >= 4 is 0 Å². The van der Waals surface area contributed by atoms with E-state index in [-0.39, 0.29) is 6.04 Å². The van der Waals surface area contributed by atoms with E-state index in [1.165, 1.54) is 5.56 Å². The van der Waals surface area contributed by atoms with Crippen LogP contribution in [0.2, 0.25) is 0 Å². The summed E-state index contributed by atoms with van der Waals surface area (Å²) in [4.78, 5) is 0. The molecule has 3 nitrogen and oxygen atoms in total. The normalized spacial score (nSPS) is 12.0. The monoisotopic (exact) mass is 235 g/mol. The van der Waals surface area contributed by atoms with Crippen molar-refractivity contribution < 1.29 is 9.47 Å². The highest BCUT2D eigenvalue weighted by atomic mass is 16.5. The van der Waals surface area contributed by atoms with Gasteiger partial charge in [-0.15, -0.1) is 0 Å². The smallest absolute Gasteiger partial charge is 0.161 e. The lowest BCUT2D eigenvalue weighted by Crippen LogP contribution is -2.20. The zero-order chi connectivity index (χ0) is 12.8. The molecule has 0 fully saturated rings. The maximum absolute atomic E-state index is 5.28. The predicted octanol–water partition coefficient (Wildman–Crippen LogP) is 2.93. The third-order valence-electron chi connectivity index (χ3n) is 2.62. The Hall–Kier alpha value is -1.48. The lowest BCUT2D eigenvalue weighted by molar-refractivity contribution is 0.354. The third kappa shape index (κ3) is 3.79. The van der Waals surface area contributed by atoms with Gasteiger partial charge in [-0.25, -0.2) is 0 Å². The van der Waals surface area contributed by atoms with E-state index >= 15 is 0 Å². The van der Waals surface area contributed by atoms with Crippen LogP contribution in [0.25, 0.3) is 0 Å². The highest BCUT2D eigenvalue weighted by molar-refractivity contribution is 5.43. The van der Waals surface area contributed by atoms with Crippen molar-refractivity contribution in [2.75, 3.05) is 20.8 Å². The average Bonchev–Trinajstić information content (AvgIpc) is 2.34. The fraction of sp³-hybridized carbons (Fsp3) is 0.429. The SMILES string of the molecule is C=C(C)CNC(C)c1ccc(OC)c(OC)c1. The number of methoxy groups -OCH3 is 2. The van der Waals surface area contributed by atoms with Gasteiger partial charge in [0.05, 0.1) is 14.2 Å². The molecule has 0 aliphatic rings. The van der Waals surface area contributed by atoms with E-state index in [4.69, 9.17) is 9.47 Å². The van der Waals surface area contributed by atoms with E-state index in [0.717, 1.165) is 23.6 Å². The molecule has 1 unspecified atom stereocenters. The van der Waals surface area contributed by atoms with E-state index in [1.807, 2.05) is 25.1 Å². The third-order valence-corrected chi connectivity index (χ3v) is 2.62. The summed E-state index contributed by atoms with van der Waals surface area (Å²) in [6.07, 6.45) is 0. The van der Waals surface area contributed by atoms with Gasteiger partial charge < -0.3 is 14.8 Å². The van der Waals surface area contributed by atoms with Gasteiger partial charge >= 0.3 is 0 Å². The van der Waals surface area contributed by atoms with E-state index in [2.05, 4.69) is 18.8 Å². The number of hydrogen-bond acceptors (Lipinski definition) is 3. The second kappa shape index (κ2) is 6.30. The molecule has 0 saturated carbocycles. The van der Waals surface area contributed by atoms with Gasteiger partial charge in [0.1, 0.15) is 0 Å². The number of rotatable bonds is 6. The number of ether oxygens (including phenoxy) is 2. The first kappa shape index (κ1) is 13.6. The second-order valence-corrected chi connectivity index (χ2v) is 4.17. The Morgan fingerprint density at radius 1 is 1.29 bits per heavy atom. The minimum atomic E-state index is 0.256. The van der Waals surface area contributed by atoms with Crippen molar-refractivity contribution in [2.24, 2.45) is 0 Å². The number of nitrogens with one attached hydrogen (secondary N) is 1. The molecule has 0 aliphatic heterocycles. The molecular weight excluding hydrogens is 214 g/mol. The topological polar surface area (TPSA) is 30.5 Å². The van der Waals surface area contributed by atoms with Gasteiger partial charge in [0.15, 0.2) is 11.5 Å². The molecule has 94 valence electrons. The largest absolute Gasteiger partial charge is 0.493 e. The Labute approximate surface area is 103 Å². The van der Waals surface area contributed by atoms with Crippen molar-refractivity contribution in [3.63, 3.8) is 0 Å². The van der Waals surface area contributed by atoms with E-state index in [1.54, 1.807) is 14.2 Å². The van der Waals surface area contributed by atoms with Crippen molar-refractivity contribution in [1.29, 1.82) is 0 Å². The van der Waals surface area contributed by atoms with Crippen LogP contribution in [0.5, 0.6) is 11.5 Å². The standard InChI is InChI=1S/C14H21NO2/c1-10(2)9-15-11(3)12-6-7-13(16-4)14(8-12)17-5/h6-8,11,15H,1,9H2,2-5H3. The Morgan fingerprint density at radius 2 is 1.94 bits per heavy atom. The summed E-state index contributed by atoms with van der Waals surface area (Å²) in [6, 6.07) is 6.21.